The number of rotatable bonds is 5. The molecule has 0 saturated heterocycles. The molecule has 0 aliphatic rings. The normalized spacial score (nSPS) is 10.1. The Balaban J connectivity index is 2.40. The summed E-state index contributed by atoms with van der Waals surface area (Å²) in [6.07, 6.45) is 0. The van der Waals surface area contributed by atoms with Crippen molar-refractivity contribution in [2.75, 3.05) is 27.3 Å². The second-order valence-corrected chi connectivity index (χ2v) is 4.09. The molecule has 94 valence electrons. The largest absolute Gasteiger partial charge is 0.383 e. The van der Waals surface area contributed by atoms with Crippen LogP contribution in [0, 0.1) is 5.82 Å². The van der Waals surface area contributed by atoms with Gasteiger partial charge in [0.05, 0.1) is 6.61 Å². The van der Waals surface area contributed by atoms with Gasteiger partial charge in [-0.3, -0.25) is 0 Å². The van der Waals surface area contributed by atoms with Crippen molar-refractivity contribution in [1.82, 2.24) is 10.2 Å². The summed E-state index contributed by atoms with van der Waals surface area (Å²) in [5.41, 5.74) is 1.02. The number of methoxy groups -OCH3 is 1. The Morgan fingerprint density at radius 1 is 1.41 bits per heavy atom. The lowest BCUT2D eigenvalue weighted by atomic mass is 10.2. The van der Waals surface area contributed by atoms with E-state index in [4.69, 9.17) is 17.0 Å². The molecule has 0 fully saturated rings. The van der Waals surface area contributed by atoms with E-state index in [0.29, 0.717) is 24.8 Å². The van der Waals surface area contributed by atoms with Crippen LogP contribution in [0.2, 0.25) is 0 Å². The Morgan fingerprint density at radius 2 is 2.06 bits per heavy atom. The van der Waals surface area contributed by atoms with Gasteiger partial charge in [-0.2, -0.15) is 0 Å². The van der Waals surface area contributed by atoms with E-state index in [9.17, 15) is 4.39 Å². The molecule has 0 amide bonds. The summed E-state index contributed by atoms with van der Waals surface area (Å²) < 4.78 is 17.6. The maximum atomic E-state index is 12.7. The van der Waals surface area contributed by atoms with Crippen molar-refractivity contribution < 1.29 is 9.13 Å². The second kappa shape index (κ2) is 7.19. The van der Waals surface area contributed by atoms with Crippen molar-refractivity contribution in [3.63, 3.8) is 0 Å². The highest BCUT2D eigenvalue weighted by Gasteiger charge is 2.04. The average Bonchev–Trinajstić information content (AvgIpc) is 2.32. The molecule has 1 rings (SSSR count). The monoisotopic (exact) mass is 256 g/mol. The van der Waals surface area contributed by atoms with Crippen LogP contribution < -0.4 is 5.32 Å². The highest BCUT2D eigenvalue weighted by Crippen LogP contribution is 2.05. The summed E-state index contributed by atoms with van der Waals surface area (Å²) in [5, 5.41) is 3.73. The van der Waals surface area contributed by atoms with Gasteiger partial charge in [0.1, 0.15) is 5.82 Å². The van der Waals surface area contributed by atoms with Gasteiger partial charge in [0.25, 0.3) is 0 Å². The van der Waals surface area contributed by atoms with E-state index in [1.54, 1.807) is 19.2 Å². The van der Waals surface area contributed by atoms with E-state index in [1.807, 2.05) is 11.9 Å². The Labute approximate surface area is 107 Å². The van der Waals surface area contributed by atoms with Crippen molar-refractivity contribution in [1.29, 1.82) is 0 Å². The lowest BCUT2D eigenvalue weighted by Gasteiger charge is -2.21. The summed E-state index contributed by atoms with van der Waals surface area (Å²) in [6.45, 7) is 1.95. The molecule has 0 heterocycles. The maximum Gasteiger partial charge on any atom is 0.169 e. The van der Waals surface area contributed by atoms with Gasteiger partial charge in [-0.1, -0.05) is 12.1 Å². The third kappa shape index (κ3) is 5.10. The molecular formula is C12H17FN2OS. The number of hydrogen-bond acceptors (Lipinski definition) is 2. The standard InChI is InChI=1S/C12H17FN2OS/c1-15(12(17)14-7-8-16-2)9-10-3-5-11(13)6-4-10/h3-6H,7-9H2,1-2H3,(H,14,17). The first-order valence-electron chi connectivity index (χ1n) is 5.36. The lowest BCUT2D eigenvalue weighted by Crippen LogP contribution is -2.38. The molecule has 0 saturated carbocycles. The van der Waals surface area contributed by atoms with Crippen LogP contribution in [0.15, 0.2) is 24.3 Å². The van der Waals surface area contributed by atoms with E-state index >= 15 is 0 Å². The lowest BCUT2D eigenvalue weighted by molar-refractivity contribution is 0.203. The summed E-state index contributed by atoms with van der Waals surface area (Å²) in [6, 6.07) is 6.41. The van der Waals surface area contributed by atoms with Crippen molar-refractivity contribution in [3.8, 4) is 0 Å². The zero-order chi connectivity index (χ0) is 12.7. The first-order valence-corrected chi connectivity index (χ1v) is 5.76. The molecular weight excluding hydrogens is 239 g/mol. The zero-order valence-corrected chi connectivity index (χ0v) is 10.9. The van der Waals surface area contributed by atoms with Gasteiger partial charge in [-0.05, 0) is 29.9 Å². The highest BCUT2D eigenvalue weighted by molar-refractivity contribution is 7.80. The molecule has 0 radical (unpaired) electrons. The highest BCUT2D eigenvalue weighted by atomic mass is 32.1. The van der Waals surface area contributed by atoms with Crippen molar-refractivity contribution in [2.24, 2.45) is 0 Å². The summed E-state index contributed by atoms with van der Waals surface area (Å²) >= 11 is 5.20. The fourth-order valence-electron chi connectivity index (χ4n) is 1.33. The molecule has 1 N–H and O–H groups in total. The van der Waals surface area contributed by atoms with Crippen LogP contribution in [0.1, 0.15) is 5.56 Å². The van der Waals surface area contributed by atoms with E-state index in [-0.39, 0.29) is 5.82 Å². The average molecular weight is 256 g/mol. The third-order valence-electron chi connectivity index (χ3n) is 2.26. The molecule has 0 spiro atoms. The van der Waals surface area contributed by atoms with Gasteiger partial charge < -0.3 is 15.0 Å². The van der Waals surface area contributed by atoms with Gasteiger partial charge in [-0.15, -0.1) is 0 Å². The molecule has 1 aromatic carbocycles. The summed E-state index contributed by atoms with van der Waals surface area (Å²) in [7, 11) is 3.54. The number of thiocarbonyl (C=S) groups is 1. The molecule has 0 aromatic heterocycles. The SMILES string of the molecule is COCCNC(=S)N(C)Cc1ccc(F)cc1. The molecule has 0 atom stereocenters. The van der Waals surface area contributed by atoms with Gasteiger partial charge in [0.2, 0.25) is 0 Å². The van der Waals surface area contributed by atoms with Gasteiger partial charge in [0, 0.05) is 27.2 Å². The maximum absolute atomic E-state index is 12.7. The minimum Gasteiger partial charge on any atom is -0.383 e. The van der Waals surface area contributed by atoms with Gasteiger partial charge >= 0.3 is 0 Å². The Bertz CT molecular complexity index is 356. The quantitative estimate of drug-likeness (QED) is 0.641. The fraction of sp³-hybridized carbons (Fsp3) is 0.417. The van der Waals surface area contributed by atoms with E-state index < -0.39 is 0 Å². The van der Waals surface area contributed by atoms with E-state index in [1.165, 1.54) is 12.1 Å². The molecule has 0 unspecified atom stereocenters. The van der Waals surface area contributed by atoms with Gasteiger partial charge in [0.15, 0.2) is 5.11 Å². The van der Waals surface area contributed by atoms with Crippen LogP contribution in [0.4, 0.5) is 4.39 Å². The van der Waals surface area contributed by atoms with Crippen LogP contribution in [-0.2, 0) is 11.3 Å². The summed E-state index contributed by atoms with van der Waals surface area (Å²) in [4.78, 5) is 1.90. The molecule has 5 heteroatoms. The molecule has 1 aromatic rings. The second-order valence-electron chi connectivity index (χ2n) is 3.71. The van der Waals surface area contributed by atoms with Crippen LogP contribution in [0.5, 0.6) is 0 Å². The minimum absolute atomic E-state index is 0.225. The topological polar surface area (TPSA) is 24.5 Å². The van der Waals surface area contributed by atoms with Crippen molar-refractivity contribution in [2.45, 2.75) is 6.54 Å². The van der Waals surface area contributed by atoms with Crippen molar-refractivity contribution >= 4 is 17.3 Å². The molecule has 0 aliphatic carbocycles. The first kappa shape index (κ1) is 13.9. The fourth-order valence-corrected chi connectivity index (χ4v) is 1.50. The van der Waals surface area contributed by atoms with Gasteiger partial charge in [-0.25, -0.2) is 4.39 Å². The van der Waals surface area contributed by atoms with Crippen molar-refractivity contribution in [3.05, 3.63) is 35.6 Å². The Morgan fingerprint density at radius 3 is 2.65 bits per heavy atom. The number of nitrogens with zero attached hydrogens (tertiary/aromatic N) is 1. The number of halogens is 1. The summed E-state index contributed by atoms with van der Waals surface area (Å²) in [5.74, 6) is -0.225. The van der Waals surface area contributed by atoms with E-state index in [2.05, 4.69) is 5.32 Å². The predicted molar refractivity (Wildman–Crippen MR) is 70.3 cm³/mol. The smallest absolute Gasteiger partial charge is 0.169 e. The molecule has 17 heavy (non-hydrogen) atoms. The first-order chi connectivity index (χ1) is 8.13. The number of ether oxygens (including phenoxy) is 1. The van der Waals surface area contributed by atoms with Crippen LogP contribution in [-0.4, -0.2) is 37.3 Å². The molecule has 0 bridgehead atoms. The number of benzene rings is 1. The zero-order valence-electron chi connectivity index (χ0n) is 10.1. The van der Waals surface area contributed by atoms with Crippen LogP contribution in [0.25, 0.3) is 0 Å². The predicted octanol–water partition coefficient (Wildman–Crippen LogP) is 1.78. The molecule has 3 nitrogen and oxygen atoms in total. The number of nitrogens with one attached hydrogen (secondary N) is 1. The van der Waals surface area contributed by atoms with E-state index in [0.717, 1.165) is 5.56 Å². The third-order valence-corrected chi connectivity index (χ3v) is 2.72. The molecule has 0 aliphatic heterocycles. The Kier molecular flexibility index (Phi) is 5.86. The number of hydrogen-bond donors (Lipinski definition) is 1. The Hall–Kier alpha value is -1.20. The van der Waals surface area contributed by atoms with Crippen LogP contribution >= 0.6 is 12.2 Å². The minimum atomic E-state index is -0.225. The van der Waals surface area contributed by atoms with Crippen LogP contribution in [0.3, 0.4) is 0 Å².